The monoisotopic (exact) mass is 758 g/mol. The number of carbonyl (C=O) groups excluding carboxylic acids is 5. The van der Waals surface area contributed by atoms with E-state index in [0.717, 1.165) is 50.2 Å². The summed E-state index contributed by atoms with van der Waals surface area (Å²) in [4.78, 5) is 78.7. The maximum Gasteiger partial charge on any atom is 0.308 e. The zero-order valence-electron chi connectivity index (χ0n) is 31.2. The molecule has 1 saturated carbocycles. The average molecular weight is 759 g/mol. The molecule has 2 aromatic heterocycles. The summed E-state index contributed by atoms with van der Waals surface area (Å²) in [6, 6.07) is -1.57. The third-order valence-electron chi connectivity index (χ3n) is 10.7. The van der Waals surface area contributed by atoms with Gasteiger partial charge >= 0.3 is 11.9 Å². The van der Waals surface area contributed by atoms with Crippen molar-refractivity contribution in [1.82, 2.24) is 30.4 Å². The molecule has 3 amide bonds. The molecule has 2 bridgehead atoms. The second kappa shape index (κ2) is 18.1. The summed E-state index contributed by atoms with van der Waals surface area (Å²) in [6.45, 7) is 8.97. The fourth-order valence-electron chi connectivity index (χ4n) is 7.60. The molecule has 2 N–H and O–H groups in total. The van der Waals surface area contributed by atoms with Crippen molar-refractivity contribution in [2.75, 3.05) is 27.2 Å². The first-order valence-corrected chi connectivity index (χ1v) is 20.3. The molecule has 5 heterocycles. The first-order chi connectivity index (χ1) is 24.8. The van der Waals surface area contributed by atoms with Gasteiger partial charge in [-0.05, 0) is 62.9 Å². The van der Waals surface area contributed by atoms with Crippen LogP contribution in [0.25, 0.3) is 0 Å². The van der Waals surface area contributed by atoms with Gasteiger partial charge in [-0.1, -0.05) is 33.6 Å². The highest BCUT2D eigenvalue weighted by atomic mass is 32.1. The summed E-state index contributed by atoms with van der Waals surface area (Å²) in [5.74, 6) is -0.965. The van der Waals surface area contributed by atoms with Gasteiger partial charge in [-0.2, -0.15) is 0 Å². The van der Waals surface area contributed by atoms with Gasteiger partial charge in [0.25, 0.3) is 5.91 Å². The Labute approximate surface area is 314 Å². The van der Waals surface area contributed by atoms with Gasteiger partial charge in [0.1, 0.15) is 16.7 Å². The predicted octanol–water partition coefficient (Wildman–Crippen LogP) is 4.39. The van der Waals surface area contributed by atoms with Crippen molar-refractivity contribution in [3.8, 4) is 0 Å². The van der Waals surface area contributed by atoms with Crippen LogP contribution >= 0.6 is 22.7 Å². The van der Waals surface area contributed by atoms with E-state index in [1.54, 1.807) is 30.4 Å². The number of aromatic nitrogens is 2. The van der Waals surface area contributed by atoms with Crippen molar-refractivity contribution in [1.29, 1.82) is 0 Å². The van der Waals surface area contributed by atoms with Gasteiger partial charge in [0.15, 0.2) is 6.10 Å². The van der Waals surface area contributed by atoms with E-state index in [1.165, 1.54) is 36.7 Å². The Morgan fingerprint density at radius 3 is 2.35 bits per heavy atom. The Kier molecular flexibility index (Phi) is 13.8. The number of esters is 2. The summed E-state index contributed by atoms with van der Waals surface area (Å²) in [5.41, 5.74) is 0.164. The molecular weight excluding hydrogens is 705 g/mol. The molecule has 4 fully saturated rings. The highest BCUT2D eigenvalue weighted by molar-refractivity contribution is 7.10. The molecule has 3 saturated heterocycles. The largest absolute Gasteiger partial charge is 0.469 e. The van der Waals surface area contributed by atoms with Crippen molar-refractivity contribution >= 4 is 52.3 Å². The highest BCUT2D eigenvalue weighted by Gasteiger charge is 2.41. The van der Waals surface area contributed by atoms with Crippen LogP contribution in [0.1, 0.15) is 106 Å². The minimum atomic E-state index is -0.806. The Morgan fingerprint density at radius 1 is 1.04 bits per heavy atom. The Balaban J connectivity index is 1.28. The van der Waals surface area contributed by atoms with Crippen LogP contribution in [0.3, 0.4) is 0 Å². The first-order valence-electron chi connectivity index (χ1n) is 18.5. The first kappa shape index (κ1) is 39.8. The van der Waals surface area contributed by atoms with E-state index < -0.39 is 36.0 Å². The molecule has 2 aromatic rings. The van der Waals surface area contributed by atoms with Crippen LogP contribution in [0, 0.1) is 23.7 Å². The van der Waals surface area contributed by atoms with Gasteiger partial charge in [-0.25, -0.2) is 9.97 Å². The van der Waals surface area contributed by atoms with E-state index in [2.05, 4.69) is 25.5 Å². The maximum atomic E-state index is 14.2. The number of rotatable bonds is 18. The lowest BCUT2D eigenvalue weighted by molar-refractivity contribution is -0.149. The van der Waals surface area contributed by atoms with Crippen molar-refractivity contribution in [3.05, 3.63) is 32.7 Å². The number of hydrogen-bond donors (Lipinski definition) is 2. The summed E-state index contributed by atoms with van der Waals surface area (Å²) in [7, 11) is 3.10. The topological polar surface area (TPSA) is 160 Å². The van der Waals surface area contributed by atoms with Gasteiger partial charge in [0.05, 0.1) is 24.1 Å². The van der Waals surface area contributed by atoms with Crippen LogP contribution in [0.15, 0.2) is 17.0 Å². The van der Waals surface area contributed by atoms with Crippen LogP contribution in [0.2, 0.25) is 0 Å². The molecule has 4 aliphatic rings. The Bertz CT molecular complexity index is 1540. The number of amides is 3. The summed E-state index contributed by atoms with van der Waals surface area (Å²) >= 11 is 2.68. The maximum absolute atomic E-state index is 14.2. The zero-order chi connectivity index (χ0) is 37.5. The Hall–Kier alpha value is -3.43. The molecular formula is C37H54N6O7S2. The van der Waals surface area contributed by atoms with Crippen LogP contribution in [-0.2, 0) is 35.1 Å². The molecule has 3 aliphatic heterocycles. The standard InChI is InChI=1S/C37H54N6O7S2/c1-21(2)29(42(5)36(47)27(16-24-7-8-24)40-34(46)30-17-25-9-12-43(30)13-10-25)19-31(50-23(4)44)35-41-28(20-52-35)33(45)39-26(15-22(3)37(48)49-6)18-32-38-11-14-51-32/h11,14,20-22,24-27,29-31H,7-10,12-13,15-19H2,1-6H3,(H,39,45)(H,40,46)/t22-,26+,27-,29+,30+,31+/m0/s1. The highest BCUT2D eigenvalue weighted by Crippen LogP contribution is 2.36. The minimum absolute atomic E-state index is 0.0179. The van der Waals surface area contributed by atoms with Crippen LogP contribution in [0.5, 0.6) is 0 Å². The number of nitrogens with zero attached hydrogens (tertiary/aromatic N) is 4. The molecule has 52 heavy (non-hydrogen) atoms. The lowest BCUT2D eigenvalue weighted by Crippen LogP contribution is -2.59. The molecule has 0 unspecified atom stereocenters. The van der Waals surface area contributed by atoms with Crippen LogP contribution in [-0.4, -0.2) is 101 Å². The van der Waals surface area contributed by atoms with E-state index in [0.29, 0.717) is 36.1 Å². The number of carbonyl (C=O) groups is 5. The van der Waals surface area contributed by atoms with E-state index in [4.69, 9.17) is 9.47 Å². The molecule has 1 aliphatic carbocycles. The van der Waals surface area contributed by atoms with Crippen molar-refractivity contribution in [2.45, 2.75) is 116 Å². The second-order valence-electron chi connectivity index (χ2n) is 15.1. The van der Waals surface area contributed by atoms with E-state index >= 15 is 0 Å². The third-order valence-corrected chi connectivity index (χ3v) is 12.5. The number of piperidine rings is 3. The smallest absolute Gasteiger partial charge is 0.308 e. The predicted molar refractivity (Wildman–Crippen MR) is 197 cm³/mol. The number of methoxy groups -OCH3 is 1. The van der Waals surface area contributed by atoms with Gasteiger partial charge in [0, 0.05) is 55.9 Å². The fraction of sp³-hybridized carbons (Fsp3) is 0.703. The molecule has 0 spiro atoms. The zero-order valence-corrected chi connectivity index (χ0v) is 32.8. The molecule has 0 aromatic carbocycles. The number of thiazole rings is 2. The average Bonchev–Trinajstić information content (AvgIpc) is 3.54. The molecule has 286 valence electrons. The van der Waals surface area contributed by atoms with Gasteiger partial charge in [0.2, 0.25) is 11.8 Å². The van der Waals surface area contributed by atoms with E-state index in [-0.39, 0.29) is 47.9 Å². The summed E-state index contributed by atoms with van der Waals surface area (Å²) < 4.78 is 10.7. The fourth-order valence-corrected chi connectivity index (χ4v) is 9.14. The lowest BCUT2D eigenvalue weighted by Gasteiger charge is -2.45. The van der Waals surface area contributed by atoms with Gasteiger partial charge in [-0.3, -0.25) is 28.9 Å². The van der Waals surface area contributed by atoms with Crippen molar-refractivity contribution in [3.63, 3.8) is 0 Å². The molecule has 0 radical (unpaired) electrons. The van der Waals surface area contributed by atoms with Crippen LogP contribution < -0.4 is 10.6 Å². The molecule has 6 rings (SSSR count). The summed E-state index contributed by atoms with van der Waals surface area (Å²) in [5, 5.41) is 10.9. The Morgan fingerprint density at radius 2 is 1.77 bits per heavy atom. The van der Waals surface area contributed by atoms with E-state index in [1.807, 2.05) is 19.2 Å². The summed E-state index contributed by atoms with van der Waals surface area (Å²) in [6.07, 6.45) is 7.77. The number of nitrogens with one attached hydrogen (secondary N) is 2. The molecule has 15 heteroatoms. The number of likely N-dealkylation sites (N-methyl/N-ethyl adjacent to an activating group) is 1. The quantitative estimate of drug-likeness (QED) is 0.209. The SMILES string of the molecule is COC(=O)[C@@H](C)C[C@H](Cc1nccs1)NC(=O)c1csc([C@@H](C[C@H](C(C)C)N(C)C(=O)[C@H](CC2CC2)NC(=O)[C@H]2CC3CCN2CC3)OC(C)=O)n1. The van der Waals surface area contributed by atoms with Gasteiger partial charge < -0.3 is 25.0 Å². The number of hydrogen-bond acceptors (Lipinski definition) is 12. The van der Waals surface area contributed by atoms with Crippen molar-refractivity contribution in [2.24, 2.45) is 23.7 Å². The van der Waals surface area contributed by atoms with Crippen LogP contribution in [0.4, 0.5) is 0 Å². The lowest BCUT2D eigenvalue weighted by atomic mass is 9.83. The minimum Gasteiger partial charge on any atom is -0.469 e. The normalized spacial score (nSPS) is 22.5. The molecule has 6 atom stereocenters. The molecule has 13 nitrogen and oxygen atoms in total. The second-order valence-corrected chi connectivity index (χ2v) is 17.0. The van der Waals surface area contributed by atoms with Crippen molar-refractivity contribution < 1.29 is 33.4 Å². The van der Waals surface area contributed by atoms with Gasteiger partial charge in [-0.15, -0.1) is 22.7 Å². The van der Waals surface area contributed by atoms with E-state index in [9.17, 15) is 24.0 Å². The third kappa shape index (κ3) is 10.6. The number of fused-ring (bicyclic) bond motifs is 3. The number of ether oxygens (including phenoxy) is 2.